The Bertz CT molecular complexity index is 1130. The Kier molecular flexibility index (Phi) is 6.87. The van der Waals surface area contributed by atoms with Gasteiger partial charge in [-0.05, 0) is 56.3 Å². The van der Waals surface area contributed by atoms with E-state index < -0.39 is 16.1 Å². The van der Waals surface area contributed by atoms with Crippen LogP contribution in [0.15, 0.2) is 47.4 Å². The minimum absolute atomic E-state index is 0.000945. The predicted octanol–water partition coefficient (Wildman–Crippen LogP) is 4.45. The second-order valence-electron chi connectivity index (χ2n) is 6.28. The number of methoxy groups -OCH3 is 1. The molecule has 0 saturated heterocycles. The fourth-order valence-electron chi connectivity index (χ4n) is 2.74. The van der Waals surface area contributed by atoms with Crippen molar-refractivity contribution in [2.45, 2.75) is 31.3 Å². The highest BCUT2D eigenvalue weighted by atomic mass is 35.5. The van der Waals surface area contributed by atoms with Gasteiger partial charge in [0.25, 0.3) is 0 Å². The van der Waals surface area contributed by atoms with Gasteiger partial charge in [0.2, 0.25) is 10.0 Å². The zero-order chi connectivity index (χ0) is 21.9. The fourth-order valence-corrected chi connectivity index (χ4v) is 4.33. The molecule has 0 aliphatic rings. The number of aromatic nitrogens is 3. The van der Waals surface area contributed by atoms with Gasteiger partial charge in [0, 0.05) is 6.54 Å². The van der Waals surface area contributed by atoms with Gasteiger partial charge < -0.3 is 9.47 Å². The molecule has 160 valence electrons. The van der Waals surface area contributed by atoms with E-state index in [1.165, 1.54) is 18.2 Å². The Morgan fingerprint density at radius 2 is 1.73 bits per heavy atom. The molecule has 1 N–H and O–H groups in total. The summed E-state index contributed by atoms with van der Waals surface area (Å²) in [6, 6.07) is 10.7. The highest BCUT2D eigenvalue weighted by molar-refractivity contribution is 7.89. The molecule has 3 rings (SSSR count). The quantitative estimate of drug-likeness (QED) is 0.522. The zero-order valence-electron chi connectivity index (χ0n) is 16.5. The molecule has 1 atom stereocenters. The van der Waals surface area contributed by atoms with Crippen LogP contribution in [0.25, 0.3) is 0 Å². The maximum Gasteiger partial charge on any atom is 0.322 e. The molecule has 3 aromatic rings. The summed E-state index contributed by atoms with van der Waals surface area (Å²) in [4.78, 5) is 0.000945. The summed E-state index contributed by atoms with van der Waals surface area (Å²) in [5.74, 6) is 1.66. The SMILES string of the molecule is CCn1c(Oc2ccc(OC)cc2)nnc1[C@@H](C)NS(=O)(=O)c1ccc(Cl)c(Cl)c1. The second kappa shape index (κ2) is 9.22. The van der Waals surface area contributed by atoms with Gasteiger partial charge in [-0.3, -0.25) is 4.57 Å². The van der Waals surface area contributed by atoms with Gasteiger partial charge in [-0.2, -0.15) is 0 Å². The molecule has 30 heavy (non-hydrogen) atoms. The highest BCUT2D eigenvalue weighted by Crippen LogP contribution is 2.27. The summed E-state index contributed by atoms with van der Waals surface area (Å²) in [7, 11) is -2.28. The van der Waals surface area contributed by atoms with Crippen molar-refractivity contribution in [3.05, 3.63) is 58.3 Å². The summed E-state index contributed by atoms with van der Waals surface area (Å²) in [5, 5.41) is 8.60. The van der Waals surface area contributed by atoms with E-state index >= 15 is 0 Å². The number of nitrogens with zero attached hydrogens (tertiary/aromatic N) is 3. The molecule has 0 saturated carbocycles. The summed E-state index contributed by atoms with van der Waals surface area (Å²) in [6.07, 6.45) is 0. The fraction of sp³-hybridized carbons (Fsp3) is 0.263. The Hall–Kier alpha value is -2.33. The molecule has 1 aromatic heterocycles. The number of ether oxygens (including phenoxy) is 2. The number of sulfonamides is 1. The summed E-state index contributed by atoms with van der Waals surface area (Å²) in [5.41, 5.74) is 0. The Morgan fingerprint density at radius 3 is 2.33 bits per heavy atom. The van der Waals surface area contributed by atoms with E-state index in [-0.39, 0.29) is 21.0 Å². The molecule has 0 aliphatic carbocycles. The second-order valence-corrected chi connectivity index (χ2v) is 8.81. The van der Waals surface area contributed by atoms with E-state index in [0.717, 1.165) is 0 Å². The first-order valence-corrected chi connectivity index (χ1v) is 11.2. The highest BCUT2D eigenvalue weighted by Gasteiger charge is 2.24. The molecule has 0 bridgehead atoms. The minimum Gasteiger partial charge on any atom is -0.497 e. The van der Waals surface area contributed by atoms with Crippen LogP contribution in [-0.4, -0.2) is 30.3 Å². The molecule has 0 spiro atoms. The van der Waals surface area contributed by atoms with Crippen LogP contribution < -0.4 is 14.2 Å². The molecule has 11 heteroatoms. The van der Waals surface area contributed by atoms with Crippen molar-refractivity contribution in [3.8, 4) is 17.5 Å². The average molecular weight is 471 g/mol. The molecule has 0 unspecified atom stereocenters. The number of benzene rings is 2. The van der Waals surface area contributed by atoms with E-state index in [1.54, 1.807) is 42.9 Å². The van der Waals surface area contributed by atoms with E-state index in [2.05, 4.69) is 14.9 Å². The smallest absolute Gasteiger partial charge is 0.322 e. The van der Waals surface area contributed by atoms with Gasteiger partial charge in [0.1, 0.15) is 11.5 Å². The molecule has 0 radical (unpaired) electrons. The van der Waals surface area contributed by atoms with Crippen LogP contribution >= 0.6 is 23.2 Å². The Morgan fingerprint density at radius 1 is 1.07 bits per heavy atom. The van der Waals surface area contributed by atoms with Crippen molar-refractivity contribution >= 4 is 33.2 Å². The number of nitrogens with one attached hydrogen (secondary N) is 1. The van der Waals surface area contributed by atoms with Gasteiger partial charge in [-0.25, -0.2) is 13.1 Å². The zero-order valence-corrected chi connectivity index (χ0v) is 18.8. The van der Waals surface area contributed by atoms with Crippen molar-refractivity contribution in [2.75, 3.05) is 7.11 Å². The lowest BCUT2D eigenvalue weighted by Crippen LogP contribution is -2.29. The van der Waals surface area contributed by atoms with Crippen LogP contribution in [0.2, 0.25) is 10.0 Å². The van der Waals surface area contributed by atoms with Gasteiger partial charge in [-0.1, -0.05) is 28.3 Å². The maximum absolute atomic E-state index is 12.7. The lowest BCUT2D eigenvalue weighted by atomic mass is 10.3. The predicted molar refractivity (Wildman–Crippen MR) is 114 cm³/mol. The van der Waals surface area contributed by atoms with Crippen LogP contribution in [-0.2, 0) is 16.6 Å². The van der Waals surface area contributed by atoms with Crippen LogP contribution in [0.5, 0.6) is 17.5 Å². The summed E-state index contributed by atoms with van der Waals surface area (Å²) >= 11 is 11.8. The summed E-state index contributed by atoms with van der Waals surface area (Å²) in [6.45, 7) is 4.03. The number of rotatable bonds is 8. The molecule has 8 nitrogen and oxygen atoms in total. The van der Waals surface area contributed by atoms with E-state index in [0.29, 0.717) is 23.9 Å². The monoisotopic (exact) mass is 470 g/mol. The molecule has 2 aromatic carbocycles. The third-order valence-electron chi connectivity index (χ3n) is 4.25. The molecule has 1 heterocycles. The van der Waals surface area contributed by atoms with Crippen molar-refractivity contribution in [3.63, 3.8) is 0 Å². The minimum atomic E-state index is -3.86. The molecule has 0 fully saturated rings. The first kappa shape index (κ1) is 22.4. The normalized spacial score (nSPS) is 12.6. The summed E-state index contributed by atoms with van der Waals surface area (Å²) < 4.78 is 40.6. The first-order valence-electron chi connectivity index (χ1n) is 8.97. The largest absolute Gasteiger partial charge is 0.497 e. The van der Waals surface area contributed by atoms with Gasteiger partial charge in [-0.15, -0.1) is 5.10 Å². The van der Waals surface area contributed by atoms with Crippen LogP contribution in [0, 0.1) is 0 Å². The number of hydrogen-bond acceptors (Lipinski definition) is 6. The van der Waals surface area contributed by atoms with Crippen LogP contribution in [0.1, 0.15) is 25.7 Å². The van der Waals surface area contributed by atoms with Crippen molar-refractivity contribution in [1.29, 1.82) is 0 Å². The standard InChI is InChI=1S/C19H20Cl2N4O4S/c1-4-25-18(22-23-19(25)29-14-7-5-13(28-3)6-8-14)12(2)24-30(26,27)15-9-10-16(20)17(21)11-15/h5-12,24H,4H2,1-3H3/t12-/m1/s1. The average Bonchev–Trinajstić information content (AvgIpc) is 3.13. The number of hydrogen-bond donors (Lipinski definition) is 1. The van der Waals surface area contributed by atoms with E-state index in [9.17, 15) is 8.42 Å². The van der Waals surface area contributed by atoms with Crippen LogP contribution in [0.4, 0.5) is 0 Å². The van der Waals surface area contributed by atoms with Gasteiger partial charge >= 0.3 is 6.01 Å². The van der Waals surface area contributed by atoms with E-state index in [4.69, 9.17) is 32.7 Å². The van der Waals surface area contributed by atoms with Crippen molar-refractivity contribution < 1.29 is 17.9 Å². The Balaban J connectivity index is 1.81. The van der Waals surface area contributed by atoms with Gasteiger partial charge in [0.15, 0.2) is 5.82 Å². The first-order chi connectivity index (χ1) is 14.2. The molecular formula is C19H20Cl2N4O4S. The van der Waals surface area contributed by atoms with Crippen molar-refractivity contribution in [2.24, 2.45) is 0 Å². The van der Waals surface area contributed by atoms with Crippen molar-refractivity contribution in [1.82, 2.24) is 19.5 Å². The molecule has 0 amide bonds. The van der Waals surface area contributed by atoms with E-state index in [1.807, 2.05) is 6.92 Å². The maximum atomic E-state index is 12.7. The molecular weight excluding hydrogens is 451 g/mol. The topological polar surface area (TPSA) is 95.3 Å². The lowest BCUT2D eigenvalue weighted by molar-refractivity contribution is 0.400. The third-order valence-corrected chi connectivity index (χ3v) is 6.53. The molecule has 0 aliphatic heterocycles. The lowest BCUT2D eigenvalue weighted by Gasteiger charge is -2.15. The number of halogens is 2. The Labute approximate surface area is 184 Å². The van der Waals surface area contributed by atoms with Crippen LogP contribution in [0.3, 0.4) is 0 Å². The van der Waals surface area contributed by atoms with Gasteiger partial charge in [0.05, 0.1) is 28.1 Å². The third kappa shape index (κ3) is 4.86.